The van der Waals surface area contributed by atoms with E-state index >= 15 is 0 Å². The van der Waals surface area contributed by atoms with Gasteiger partial charge < -0.3 is 4.55 Å². The van der Waals surface area contributed by atoms with Crippen molar-refractivity contribution in [1.82, 2.24) is 0 Å². The highest BCUT2D eigenvalue weighted by Crippen LogP contribution is 2.32. The molecule has 0 bridgehead atoms. The van der Waals surface area contributed by atoms with Gasteiger partial charge in [0.25, 0.3) is 0 Å². The molecule has 0 aliphatic heterocycles. The van der Waals surface area contributed by atoms with E-state index in [0.717, 1.165) is 18.0 Å². The van der Waals surface area contributed by atoms with Crippen LogP contribution in [-0.2, 0) is 0 Å². The molecule has 2 heteroatoms. The van der Waals surface area contributed by atoms with Crippen LogP contribution >= 0.6 is 12.0 Å². The highest BCUT2D eigenvalue weighted by Gasteiger charge is 2.22. The number of hydrogen-bond acceptors (Lipinski definition) is 2. The Morgan fingerprint density at radius 3 is 2.50 bits per heavy atom. The molecule has 0 aromatic heterocycles. The SMILES string of the molecule is CC1CCCC1SO. The van der Waals surface area contributed by atoms with Crippen molar-refractivity contribution >= 4 is 12.0 Å². The van der Waals surface area contributed by atoms with E-state index in [-0.39, 0.29) is 0 Å². The molecule has 1 aliphatic carbocycles. The third kappa shape index (κ3) is 1.17. The van der Waals surface area contributed by atoms with Crippen LogP contribution in [0.3, 0.4) is 0 Å². The molecule has 0 heterocycles. The third-order valence-electron chi connectivity index (χ3n) is 1.92. The zero-order valence-corrected chi connectivity index (χ0v) is 5.95. The van der Waals surface area contributed by atoms with Gasteiger partial charge in [-0.1, -0.05) is 13.3 Å². The second-order valence-electron chi connectivity index (χ2n) is 2.55. The van der Waals surface area contributed by atoms with Crippen LogP contribution in [0.25, 0.3) is 0 Å². The van der Waals surface area contributed by atoms with Crippen LogP contribution in [0.15, 0.2) is 0 Å². The van der Waals surface area contributed by atoms with Crippen LogP contribution in [0, 0.1) is 5.92 Å². The molecule has 1 fully saturated rings. The van der Waals surface area contributed by atoms with Crippen LogP contribution in [0.2, 0.25) is 0 Å². The van der Waals surface area contributed by atoms with E-state index in [2.05, 4.69) is 6.92 Å². The van der Waals surface area contributed by atoms with Crippen LogP contribution in [0.1, 0.15) is 26.2 Å². The van der Waals surface area contributed by atoms with Gasteiger partial charge in [-0.3, -0.25) is 0 Å². The predicted octanol–water partition coefficient (Wildman–Crippen LogP) is 2.38. The van der Waals surface area contributed by atoms with Crippen molar-refractivity contribution in [3.8, 4) is 0 Å². The van der Waals surface area contributed by atoms with E-state index < -0.39 is 0 Å². The van der Waals surface area contributed by atoms with E-state index in [9.17, 15) is 0 Å². The maximum atomic E-state index is 8.65. The second-order valence-corrected chi connectivity index (χ2v) is 3.37. The van der Waals surface area contributed by atoms with E-state index in [4.69, 9.17) is 4.55 Å². The lowest BCUT2D eigenvalue weighted by atomic mass is 10.1. The monoisotopic (exact) mass is 132 g/mol. The van der Waals surface area contributed by atoms with Gasteiger partial charge in [0.05, 0.1) is 0 Å². The molecule has 1 nitrogen and oxygen atoms in total. The Hall–Kier alpha value is 0.310. The summed E-state index contributed by atoms with van der Waals surface area (Å²) in [6, 6.07) is 0. The van der Waals surface area contributed by atoms with Crippen molar-refractivity contribution in [2.24, 2.45) is 5.92 Å². The molecule has 1 rings (SSSR count). The van der Waals surface area contributed by atoms with Gasteiger partial charge in [-0.05, 0) is 30.8 Å². The molecule has 2 unspecified atom stereocenters. The van der Waals surface area contributed by atoms with Crippen molar-refractivity contribution in [2.75, 3.05) is 0 Å². The Bertz CT molecular complexity index is 74.9. The first-order chi connectivity index (χ1) is 3.84. The van der Waals surface area contributed by atoms with Crippen molar-refractivity contribution < 1.29 is 4.55 Å². The highest BCUT2D eigenvalue weighted by atomic mass is 32.2. The largest absolute Gasteiger partial charge is 0.330 e. The fraction of sp³-hybridized carbons (Fsp3) is 1.00. The Labute approximate surface area is 54.7 Å². The van der Waals surface area contributed by atoms with Crippen LogP contribution < -0.4 is 0 Å². The van der Waals surface area contributed by atoms with Crippen LogP contribution in [-0.4, -0.2) is 9.80 Å². The molecule has 2 atom stereocenters. The van der Waals surface area contributed by atoms with E-state index in [1.54, 1.807) is 0 Å². The molecule has 0 aromatic carbocycles. The lowest BCUT2D eigenvalue weighted by molar-refractivity contribution is 0.586. The Kier molecular flexibility index (Phi) is 2.20. The molecule has 0 radical (unpaired) electrons. The van der Waals surface area contributed by atoms with Gasteiger partial charge in [0, 0.05) is 5.25 Å². The summed E-state index contributed by atoms with van der Waals surface area (Å²) in [5.41, 5.74) is 0. The summed E-state index contributed by atoms with van der Waals surface area (Å²) in [5.74, 6) is 0.741. The van der Waals surface area contributed by atoms with Crippen molar-refractivity contribution in [3.63, 3.8) is 0 Å². The Morgan fingerprint density at radius 2 is 2.25 bits per heavy atom. The standard InChI is InChI=1S/C6H12OS/c1-5-3-2-4-6(5)8-7/h5-7H,2-4H2,1H3. The smallest absolute Gasteiger partial charge is 0.0334 e. The van der Waals surface area contributed by atoms with E-state index in [1.807, 2.05) is 0 Å². The van der Waals surface area contributed by atoms with Gasteiger partial charge in [-0.15, -0.1) is 0 Å². The summed E-state index contributed by atoms with van der Waals surface area (Å²) >= 11 is 1.04. The maximum absolute atomic E-state index is 8.65. The lowest BCUT2D eigenvalue weighted by Crippen LogP contribution is -2.03. The minimum absolute atomic E-state index is 0.537. The van der Waals surface area contributed by atoms with E-state index in [1.165, 1.54) is 19.3 Å². The molecule has 1 aliphatic rings. The summed E-state index contributed by atoms with van der Waals surface area (Å²) in [7, 11) is 0. The first-order valence-electron chi connectivity index (χ1n) is 3.15. The normalized spacial score (nSPS) is 38.2. The van der Waals surface area contributed by atoms with Crippen molar-refractivity contribution in [1.29, 1.82) is 0 Å². The van der Waals surface area contributed by atoms with Gasteiger partial charge in [0.1, 0.15) is 0 Å². The molecule has 0 aromatic rings. The third-order valence-corrected chi connectivity index (χ3v) is 2.89. The molecule has 1 N–H and O–H groups in total. The summed E-state index contributed by atoms with van der Waals surface area (Å²) in [4.78, 5) is 0. The zero-order valence-electron chi connectivity index (χ0n) is 5.13. The minimum atomic E-state index is 0.537. The minimum Gasteiger partial charge on any atom is -0.330 e. The summed E-state index contributed by atoms with van der Waals surface area (Å²) in [6.07, 6.45) is 3.82. The molecule has 48 valence electrons. The zero-order chi connectivity index (χ0) is 5.98. The van der Waals surface area contributed by atoms with Gasteiger partial charge in [0.15, 0.2) is 0 Å². The molecule has 8 heavy (non-hydrogen) atoms. The highest BCUT2D eigenvalue weighted by molar-refractivity contribution is 7.94. The summed E-state index contributed by atoms with van der Waals surface area (Å²) in [5, 5.41) is 0.537. The van der Waals surface area contributed by atoms with Gasteiger partial charge in [0.2, 0.25) is 0 Å². The molecule has 1 saturated carbocycles. The molecule has 0 amide bonds. The first-order valence-corrected chi connectivity index (χ1v) is 3.98. The maximum Gasteiger partial charge on any atom is 0.0334 e. The van der Waals surface area contributed by atoms with Crippen molar-refractivity contribution in [3.05, 3.63) is 0 Å². The van der Waals surface area contributed by atoms with Crippen LogP contribution in [0.5, 0.6) is 0 Å². The predicted molar refractivity (Wildman–Crippen MR) is 37.0 cm³/mol. The summed E-state index contributed by atoms with van der Waals surface area (Å²) in [6.45, 7) is 2.21. The van der Waals surface area contributed by atoms with Gasteiger partial charge in [-0.25, -0.2) is 0 Å². The van der Waals surface area contributed by atoms with Crippen LogP contribution in [0.4, 0.5) is 0 Å². The molecule has 0 spiro atoms. The molecular weight excluding hydrogens is 120 g/mol. The Morgan fingerprint density at radius 1 is 1.50 bits per heavy atom. The summed E-state index contributed by atoms with van der Waals surface area (Å²) < 4.78 is 8.65. The number of rotatable bonds is 1. The van der Waals surface area contributed by atoms with Gasteiger partial charge in [-0.2, -0.15) is 0 Å². The van der Waals surface area contributed by atoms with Gasteiger partial charge >= 0.3 is 0 Å². The average Bonchev–Trinajstić information content (AvgIpc) is 2.14. The topological polar surface area (TPSA) is 20.2 Å². The lowest BCUT2D eigenvalue weighted by Gasteiger charge is -2.07. The molecular formula is C6H12OS. The number of hydrogen-bond donors (Lipinski definition) is 1. The first kappa shape index (κ1) is 6.43. The molecule has 0 saturated heterocycles. The quantitative estimate of drug-likeness (QED) is 0.553. The fourth-order valence-electron chi connectivity index (χ4n) is 1.27. The fourth-order valence-corrected chi connectivity index (χ4v) is 1.88. The van der Waals surface area contributed by atoms with Crippen molar-refractivity contribution in [2.45, 2.75) is 31.4 Å². The second kappa shape index (κ2) is 2.74. The Balaban J connectivity index is 2.30. The van der Waals surface area contributed by atoms with E-state index in [0.29, 0.717) is 5.25 Å². The average molecular weight is 132 g/mol.